The molecule has 0 aliphatic carbocycles. The van der Waals surface area contributed by atoms with Gasteiger partial charge in [0.25, 0.3) is 0 Å². The molecular formula is C19H22Cl3NO2. The molecule has 0 atom stereocenters. The van der Waals surface area contributed by atoms with Gasteiger partial charge in [0.15, 0.2) is 11.5 Å². The lowest BCUT2D eigenvalue weighted by Gasteiger charge is -2.14. The van der Waals surface area contributed by atoms with Crippen LogP contribution in [0.2, 0.25) is 15.1 Å². The van der Waals surface area contributed by atoms with E-state index in [0.29, 0.717) is 46.3 Å². The SMILES string of the molecule is CCOc1cc(Cl)c(CNCCc2ccc(Cl)cc2Cl)cc1OCC. The van der Waals surface area contributed by atoms with Crippen molar-refractivity contribution < 1.29 is 9.47 Å². The van der Waals surface area contributed by atoms with Gasteiger partial charge in [-0.15, -0.1) is 0 Å². The first-order valence-electron chi connectivity index (χ1n) is 8.27. The maximum absolute atomic E-state index is 6.36. The van der Waals surface area contributed by atoms with Crippen LogP contribution in [0.4, 0.5) is 0 Å². The Bertz CT molecular complexity index is 707. The van der Waals surface area contributed by atoms with E-state index in [1.54, 1.807) is 6.07 Å². The minimum atomic E-state index is 0.565. The van der Waals surface area contributed by atoms with Crippen molar-refractivity contribution in [3.63, 3.8) is 0 Å². The van der Waals surface area contributed by atoms with Gasteiger partial charge in [-0.1, -0.05) is 40.9 Å². The average molecular weight is 403 g/mol. The van der Waals surface area contributed by atoms with Crippen LogP contribution in [-0.2, 0) is 13.0 Å². The molecule has 0 amide bonds. The van der Waals surface area contributed by atoms with Gasteiger partial charge in [-0.25, -0.2) is 0 Å². The Morgan fingerprint density at radius 2 is 1.48 bits per heavy atom. The molecule has 2 aromatic rings. The molecule has 0 radical (unpaired) electrons. The predicted octanol–water partition coefficient (Wildman–Crippen LogP) is 5.78. The van der Waals surface area contributed by atoms with Gasteiger partial charge in [-0.2, -0.15) is 0 Å². The Balaban J connectivity index is 1.96. The standard InChI is InChI=1S/C19H22Cl3NO2/c1-3-24-18-9-14(17(22)11-19(18)25-4-2)12-23-8-7-13-5-6-15(20)10-16(13)21/h5-6,9-11,23H,3-4,7-8,12H2,1-2H3. The molecule has 136 valence electrons. The van der Waals surface area contributed by atoms with Gasteiger partial charge in [-0.3, -0.25) is 0 Å². The van der Waals surface area contributed by atoms with Crippen molar-refractivity contribution in [3.05, 3.63) is 56.5 Å². The third-order valence-corrected chi connectivity index (χ3v) is 4.55. The number of benzene rings is 2. The van der Waals surface area contributed by atoms with Crippen LogP contribution < -0.4 is 14.8 Å². The van der Waals surface area contributed by atoms with Crippen LogP contribution in [0.1, 0.15) is 25.0 Å². The number of ether oxygens (including phenoxy) is 2. The van der Waals surface area contributed by atoms with Crippen LogP contribution in [0.25, 0.3) is 0 Å². The van der Waals surface area contributed by atoms with E-state index in [1.807, 2.05) is 38.1 Å². The van der Waals surface area contributed by atoms with E-state index in [9.17, 15) is 0 Å². The maximum atomic E-state index is 6.36. The fourth-order valence-electron chi connectivity index (χ4n) is 2.42. The molecule has 25 heavy (non-hydrogen) atoms. The van der Waals surface area contributed by atoms with Gasteiger partial charge in [0.1, 0.15) is 0 Å². The summed E-state index contributed by atoms with van der Waals surface area (Å²) in [6.07, 6.45) is 0.808. The first-order valence-corrected chi connectivity index (χ1v) is 9.41. The number of hydrogen-bond acceptors (Lipinski definition) is 3. The summed E-state index contributed by atoms with van der Waals surface area (Å²) in [6.45, 7) is 6.42. The Morgan fingerprint density at radius 3 is 2.12 bits per heavy atom. The molecule has 0 aliphatic heterocycles. The maximum Gasteiger partial charge on any atom is 0.162 e. The van der Waals surface area contributed by atoms with Gasteiger partial charge in [0.05, 0.1) is 13.2 Å². The van der Waals surface area contributed by atoms with Crippen molar-refractivity contribution in [1.82, 2.24) is 5.32 Å². The average Bonchev–Trinajstić information content (AvgIpc) is 2.57. The normalized spacial score (nSPS) is 10.8. The monoisotopic (exact) mass is 401 g/mol. The zero-order valence-electron chi connectivity index (χ0n) is 14.4. The summed E-state index contributed by atoms with van der Waals surface area (Å²) in [5, 5.41) is 5.37. The second-order valence-corrected chi connectivity index (χ2v) is 6.67. The van der Waals surface area contributed by atoms with Crippen molar-refractivity contribution >= 4 is 34.8 Å². The zero-order valence-corrected chi connectivity index (χ0v) is 16.6. The van der Waals surface area contributed by atoms with E-state index in [0.717, 1.165) is 24.1 Å². The molecule has 0 aliphatic rings. The molecule has 0 saturated carbocycles. The second-order valence-electron chi connectivity index (χ2n) is 5.42. The molecule has 0 unspecified atom stereocenters. The van der Waals surface area contributed by atoms with Crippen molar-refractivity contribution in [3.8, 4) is 11.5 Å². The molecule has 2 rings (SSSR count). The minimum Gasteiger partial charge on any atom is -0.490 e. The summed E-state index contributed by atoms with van der Waals surface area (Å²) in [5.41, 5.74) is 2.03. The number of nitrogens with one attached hydrogen (secondary N) is 1. The van der Waals surface area contributed by atoms with E-state index in [-0.39, 0.29) is 0 Å². The lowest BCUT2D eigenvalue weighted by molar-refractivity contribution is 0.287. The van der Waals surface area contributed by atoms with Crippen LogP contribution in [0.15, 0.2) is 30.3 Å². The fourth-order valence-corrected chi connectivity index (χ4v) is 3.14. The van der Waals surface area contributed by atoms with Gasteiger partial charge in [0.2, 0.25) is 0 Å². The summed E-state index contributed by atoms with van der Waals surface area (Å²) in [7, 11) is 0. The molecule has 0 heterocycles. The summed E-state index contributed by atoms with van der Waals surface area (Å²) in [4.78, 5) is 0. The Morgan fingerprint density at radius 1 is 0.840 bits per heavy atom. The van der Waals surface area contributed by atoms with Gasteiger partial charge in [0, 0.05) is 27.7 Å². The Labute approximate surface area is 164 Å². The number of halogens is 3. The fraction of sp³-hybridized carbons (Fsp3) is 0.368. The van der Waals surface area contributed by atoms with E-state index in [2.05, 4.69) is 5.32 Å². The van der Waals surface area contributed by atoms with Crippen LogP contribution >= 0.6 is 34.8 Å². The summed E-state index contributed by atoms with van der Waals surface area (Å²) >= 11 is 18.5. The highest BCUT2D eigenvalue weighted by atomic mass is 35.5. The first-order chi connectivity index (χ1) is 12.0. The van der Waals surface area contributed by atoms with E-state index in [4.69, 9.17) is 44.3 Å². The summed E-state index contributed by atoms with van der Waals surface area (Å²) in [6, 6.07) is 9.29. The van der Waals surface area contributed by atoms with E-state index in [1.165, 1.54) is 0 Å². The minimum absolute atomic E-state index is 0.565. The topological polar surface area (TPSA) is 30.5 Å². The second kappa shape index (κ2) is 10.1. The van der Waals surface area contributed by atoms with E-state index < -0.39 is 0 Å². The first kappa shape index (κ1) is 20.2. The smallest absolute Gasteiger partial charge is 0.162 e. The molecule has 0 spiro atoms. The molecule has 0 bridgehead atoms. The molecule has 1 N–H and O–H groups in total. The van der Waals surface area contributed by atoms with Gasteiger partial charge < -0.3 is 14.8 Å². The third kappa shape index (κ3) is 5.96. The number of hydrogen-bond donors (Lipinski definition) is 1. The summed E-state index contributed by atoms with van der Waals surface area (Å²) in [5.74, 6) is 1.39. The Kier molecular flexibility index (Phi) is 8.17. The highest BCUT2D eigenvalue weighted by Gasteiger charge is 2.11. The molecule has 0 saturated heterocycles. The van der Waals surface area contributed by atoms with Gasteiger partial charge in [-0.05, 0) is 56.1 Å². The number of rotatable bonds is 9. The van der Waals surface area contributed by atoms with Gasteiger partial charge >= 0.3 is 0 Å². The van der Waals surface area contributed by atoms with Crippen LogP contribution in [0.5, 0.6) is 11.5 Å². The van der Waals surface area contributed by atoms with Crippen molar-refractivity contribution in [2.24, 2.45) is 0 Å². The molecule has 0 aromatic heterocycles. The molecule has 3 nitrogen and oxygen atoms in total. The van der Waals surface area contributed by atoms with Crippen LogP contribution in [0.3, 0.4) is 0 Å². The molecule has 2 aromatic carbocycles. The highest BCUT2D eigenvalue weighted by Crippen LogP contribution is 2.33. The van der Waals surface area contributed by atoms with Crippen molar-refractivity contribution in [2.75, 3.05) is 19.8 Å². The largest absolute Gasteiger partial charge is 0.490 e. The van der Waals surface area contributed by atoms with Crippen molar-refractivity contribution in [2.45, 2.75) is 26.8 Å². The lowest BCUT2D eigenvalue weighted by atomic mass is 10.1. The quantitative estimate of drug-likeness (QED) is 0.540. The highest BCUT2D eigenvalue weighted by molar-refractivity contribution is 6.35. The third-order valence-electron chi connectivity index (χ3n) is 3.61. The Hall–Kier alpha value is -1.13. The molecule has 0 fully saturated rings. The van der Waals surface area contributed by atoms with E-state index >= 15 is 0 Å². The van der Waals surface area contributed by atoms with Crippen LogP contribution in [-0.4, -0.2) is 19.8 Å². The molecular weight excluding hydrogens is 381 g/mol. The summed E-state index contributed by atoms with van der Waals surface area (Å²) < 4.78 is 11.2. The predicted molar refractivity (Wildman–Crippen MR) is 106 cm³/mol. The zero-order chi connectivity index (χ0) is 18.2. The molecule has 6 heteroatoms. The van der Waals surface area contributed by atoms with Crippen LogP contribution in [0, 0.1) is 0 Å². The lowest BCUT2D eigenvalue weighted by Crippen LogP contribution is -2.17. The van der Waals surface area contributed by atoms with Crippen molar-refractivity contribution in [1.29, 1.82) is 0 Å².